The Hall–Kier alpha value is -2.99. The molecule has 0 radical (unpaired) electrons. The number of aromatic nitrogens is 2. The number of carbonyl (C=O) groups excluding carboxylic acids is 1. The van der Waals surface area contributed by atoms with E-state index in [0.717, 1.165) is 5.56 Å². The Morgan fingerprint density at radius 3 is 2.42 bits per heavy atom. The summed E-state index contributed by atoms with van der Waals surface area (Å²) in [5, 5.41) is 12.2. The van der Waals surface area contributed by atoms with Crippen LogP contribution in [0, 0.1) is 24.0 Å². The highest BCUT2D eigenvalue weighted by Gasteiger charge is 2.28. The zero-order valence-corrected chi connectivity index (χ0v) is 15.0. The molecular weight excluding hydrogens is 354 g/mol. The summed E-state index contributed by atoms with van der Waals surface area (Å²) in [4.78, 5) is 28.2. The molecule has 0 amide bonds. The van der Waals surface area contributed by atoms with Crippen LogP contribution in [0.15, 0.2) is 48.5 Å². The summed E-state index contributed by atoms with van der Waals surface area (Å²) < 4.78 is 1.35. The minimum Gasteiger partial charge on any atom is -0.358 e. The van der Waals surface area contributed by atoms with Crippen LogP contribution in [0.1, 0.15) is 21.7 Å². The third kappa shape index (κ3) is 3.36. The van der Waals surface area contributed by atoms with Gasteiger partial charge in [-0.3, -0.25) is 4.79 Å². The van der Waals surface area contributed by atoms with E-state index in [4.69, 9.17) is 11.6 Å². The maximum atomic E-state index is 12.6. The SMILES string of the molecule is Cc1ccccc1-c1nc(C)n(CC(=O)c2ccc(Cl)cc2)c1[N+](=O)[O-]. The molecule has 2 aromatic carbocycles. The number of hydrogen-bond acceptors (Lipinski definition) is 4. The number of ketones is 1. The highest BCUT2D eigenvalue weighted by molar-refractivity contribution is 6.30. The van der Waals surface area contributed by atoms with Crippen molar-refractivity contribution in [1.29, 1.82) is 0 Å². The summed E-state index contributed by atoms with van der Waals surface area (Å²) in [6, 6.07) is 13.8. The molecule has 0 saturated carbocycles. The van der Waals surface area contributed by atoms with Crippen molar-refractivity contribution in [2.45, 2.75) is 20.4 Å². The van der Waals surface area contributed by atoms with Gasteiger partial charge >= 0.3 is 5.82 Å². The fourth-order valence-corrected chi connectivity index (χ4v) is 2.94. The number of benzene rings is 2. The Balaban J connectivity index is 2.05. The standard InChI is InChI=1S/C19H16ClN3O3/c1-12-5-3-4-6-16(12)18-19(23(25)26)22(13(2)21-18)11-17(24)14-7-9-15(20)10-8-14/h3-10H,11H2,1-2H3. The summed E-state index contributed by atoms with van der Waals surface area (Å²) in [5.74, 6) is -0.0158. The molecule has 0 unspecified atom stereocenters. The molecule has 0 aliphatic rings. The molecule has 6 nitrogen and oxygen atoms in total. The molecule has 132 valence electrons. The molecule has 0 atom stereocenters. The van der Waals surface area contributed by atoms with Gasteiger partial charge in [-0.05, 0) is 41.7 Å². The predicted molar refractivity (Wildman–Crippen MR) is 99.6 cm³/mol. The van der Waals surface area contributed by atoms with E-state index in [0.29, 0.717) is 22.0 Å². The van der Waals surface area contributed by atoms with Crippen LogP contribution in [-0.2, 0) is 6.54 Å². The molecule has 0 aliphatic heterocycles. The number of hydrogen-bond donors (Lipinski definition) is 0. The minimum atomic E-state index is -0.489. The molecule has 1 heterocycles. The van der Waals surface area contributed by atoms with Crippen LogP contribution in [-0.4, -0.2) is 20.3 Å². The summed E-state index contributed by atoms with van der Waals surface area (Å²) in [7, 11) is 0. The van der Waals surface area contributed by atoms with Crippen molar-refractivity contribution < 1.29 is 9.72 Å². The van der Waals surface area contributed by atoms with Crippen molar-refractivity contribution in [2.24, 2.45) is 0 Å². The van der Waals surface area contributed by atoms with Gasteiger partial charge in [0.15, 0.2) is 18.1 Å². The van der Waals surface area contributed by atoms with Crippen molar-refractivity contribution in [1.82, 2.24) is 9.55 Å². The van der Waals surface area contributed by atoms with E-state index in [1.165, 1.54) is 4.57 Å². The molecule has 7 heteroatoms. The molecule has 0 fully saturated rings. The lowest BCUT2D eigenvalue weighted by Crippen LogP contribution is -2.14. The van der Waals surface area contributed by atoms with Crippen LogP contribution in [0.3, 0.4) is 0 Å². The van der Waals surface area contributed by atoms with Gasteiger partial charge in [0, 0.05) is 23.1 Å². The van der Waals surface area contributed by atoms with Gasteiger partial charge in [-0.25, -0.2) is 9.55 Å². The zero-order valence-electron chi connectivity index (χ0n) is 14.3. The molecule has 0 saturated heterocycles. The van der Waals surface area contributed by atoms with Gasteiger partial charge in [0.1, 0.15) is 0 Å². The van der Waals surface area contributed by atoms with E-state index in [1.807, 2.05) is 19.1 Å². The molecule has 0 spiro atoms. The van der Waals surface area contributed by atoms with Gasteiger partial charge in [-0.1, -0.05) is 35.9 Å². The van der Waals surface area contributed by atoms with Crippen LogP contribution >= 0.6 is 11.6 Å². The predicted octanol–water partition coefficient (Wildman–Crippen LogP) is 4.61. The maximum absolute atomic E-state index is 12.6. The number of carbonyl (C=O) groups is 1. The average molecular weight is 370 g/mol. The lowest BCUT2D eigenvalue weighted by molar-refractivity contribution is -0.391. The second-order valence-electron chi connectivity index (χ2n) is 5.92. The van der Waals surface area contributed by atoms with Crippen molar-refractivity contribution in [3.05, 3.63) is 80.6 Å². The van der Waals surface area contributed by atoms with Crippen molar-refractivity contribution in [3.63, 3.8) is 0 Å². The van der Waals surface area contributed by atoms with Crippen molar-refractivity contribution in [2.75, 3.05) is 0 Å². The average Bonchev–Trinajstić information content (AvgIpc) is 2.92. The molecule has 1 aromatic heterocycles. The highest BCUT2D eigenvalue weighted by Crippen LogP contribution is 2.32. The largest absolute Gasteiger partial charge is 0.358 e. The molecule has 26 heavy (non-hydrogen) atoms. The normalized spacial score (nSPS) is 10.7. The van der Waals surface area contributed by atoms with E-state index in [2.05, 4.69) is 4.98 Å². The summed E-state index contributed by atoms with van der Waals surface area (Å²) in [6.07, 6.45) is 0. The van der Waals surface area contributed by atoms with Gasteiger partial charge in [0.2, 0.25) is 5.78 Å². The molecule has 0 bridgehead atoms. The molecule has 3 rings (SSSR count). The third-order valence-electron chi connectivity index (χ3n) is 4.17. The Kier molecular flexibility index (Phi) is 4.86. The van der Waals surface area contributed by atoms with Crippen LogP contribution in [0.25, 0.3) is 11.3 Å². The van der Waals surface area contributed by atoms with Gasteiger partial charge in [0.25, 0.3) is 0 Å². The number of rotatable bonds is 5. The lowest BCUT2D eigenvalue weighted by Gasteiger charge is -2.05. The van der Waals surface area contributed by atoms with Gasteiger partial charge in [0.05, 0.1) is 0 Å². The Labute approximate surface area is 155 Å². The number of imidazole rings is 1. The van der Waals surface area contributed by atoms with Crippen LogP contribution < -0.4 is 0 Å². The minimum absolute atomic E-state index is 0.164. The highest BCUT2D eigenvalue weighted by atomic mass is 35.5. The fraction of sp³-hybridized carbons (Fsp3) is 0.158. The van der Waals surface area contributed by atoms with E-state index in [1.54, 1.807) is 43.3 Å². The molecule has 0 N–H and O–H groups in total. The summed E-state index contributed by atoms with van der Waals surface area (Å²) in [6.45, 7) is 3.36. The van der Waals surface area contributed by atoms with Crippen molar-refractivity contribution in [3.8, 4) is 11.3 Å². The number of nitrogens with zero attached hydrogens (tertiary/aromatic N) is 3. The smallest absolute Gasteiger partial charge is 0.351 e. The first-order valence-corrected chi connectivity index (χ1v) is 8.32. The van der Waals surface area contributed by atoms with Crippen LogP contribution in [0.4, 0.5) is 5.82 Å². The summed E-state index contributed by atoms with van der Waals surface area (Å²) in [5.41, 5.74) is 2.27. The van der Waals surface area contributed by atoms with Crippen molar-refractivity contribution >= 4 is 23.2 Å². The second-order valence-corrected chi connectivity index (χ2v) is 6.36. The second kappa shape index (κ2) is 7.09. The number of halogens is 1. The van der Waals surface area contributed by atoms with Gasteiger partial charge in [-0.15, -0.1) is 0 Å². The number of nitro groups is 1. The number of Topliss-reactive ketones (excluding diaryl/α,β-unsaturated/α-hetero) is 1. The third-order valence-corrected chi connectivity index (χ3v) is 4.42. The van der Waals surface area contributed by atoms with E-state index < -0.39 is 4.92 Å². The topological polar surface area (TPSA) is 78.0 Å². The monoisotopic (exact) mass is 369 g/mol. The zero-order chi connectivity index (χ0) is 18.8. The van der Waals surface area contributed by atoms with Crippen LogP contribution in [0.5, 0.6) is 0 Å². The first-order chi connectivity index (χ1) is 12.4. The Bertz CT molecular complexity index is 994. The maximum Gasteiger partial charge on any atom is 0.351 e. The Morgan fingerprint density at radius 1 is 1.15 bits per heavy atom. The summed E-state index contributed by atoms with van der Waals surface area (Å²) >= 11 is 5.84. The molecule has 3 aromatic rings. The van der Waals surface area contributed by atoms with Gasteiger partial charge < -0.3 is 10.1 Å². The van der Waals surface area contributed by atoms with E-state index in [-0.39, 0.29) is 23.8 Å². The van der Waals surface area contributed by atoms with E-state index in [9.17, 15) is 14.9 Å². The first-order valence-electron chi connectivity index (χ1n) is 7.94. The molecular formula is C19H16ClN3O3. The Morgan fingerprint density at radius 2 is 1.81 bits per heavy atom. The first kappa shape index (κ1) is 17.8. The number of aryl methyl sites for hydroxylation is 2. The lowest BCUT2D eigenvalue weighted by atomic mass is 10.1. The van der Waals surface area contributed by atoms with E-state index >= 15 is 0 Å². The fourth-order valence-electron chi connectivity index (χ4n) is 2.82. The van der Waals surface area contributed by atoms with Crippen LogP contribution in [0.2, 0.25) is 5.02 Å². The quantitative estimate of drug-likeness (QED) is 0.373. The van der Waals surface area contributed by atoms with Gasteiger partial charge in [-0.2, -0.15) is 0 Å². The molecule has 0 aliphatic carbocycles.